The monoisotopic (exact) mass is 349 g/mol. The van der Waals surface area contributed by atoms with Gasteiger partial charge in [0.1, 0.15) is 11.5 Å². The number of carbonyl (C=O) groups excluding carboxylic acids is 2. The predicted octanol–water partition coefficient (Wildman–Crippen LogP) is 2.98. The van der Waals surface area contributed by atoms with E-state index in [2.05, 4.69) is 0 Å². The SMILES string of the molecule is COc1ccc(C(=O)COC(=O)c2ccc(Cl)cc2N)c(OC)c1. The molecule has 2 N–H and O–H groups in total. The van der Waals surface area contributed by atoms with Gasteiger partial charge in [0.15, 0.2) is 6.61 Å². The van der Waals surface area contributed by atoms with Crippen LogP contribution in [0.1, 0.15) is 20.7 Å². The summed E-state index contributed by atoms with van der Waals surface area (Å²) in [5.74, 6) is -0.226. The number of halogens is 1. The van der Waals surface area contributed by atoms with Gasteiger partial charge in [-0.15, -0.1) is 0 Å². The van der Waals surface area contributed by atoms with Crippen molar-refractivity contribution in [3.05, 3.63) is 52.5 Å². The van der Waals surface area contributed by atoms with Crippen LogP contribution in [-0.2, 0) is 4.74 Å². The number of esters is 1. The third-order valence-electron chi connectivity index (χ3n) is 3.28. The van der Waals surface area contributed by atoms with Crippen LogP contribution in [0.5, 0.6) is 11.5 Å². The summed E-state index contributed by atoms with van der Waals surface area (Å²) < 4.78 is 15.2. The lowest BCUT2D eigenvalue weighted by atomic mass is 10.1. The van der Waals surface area contributed by atoms with E-state index in [1.165, 1.54) is 32.4 Å². The van der Waals surface area contributed by atoms with Gasteiger partial charge >= 0.3 is 5.97 Å². The second-order valence-electron chi connectivity index (χ2n) is 4.80. The maximum absolute atomic E-state index is 12.2. The zero-order valence-corrected chi connectivity index (χ0v) is 13.9. The maximum atomic E-state index is 12.2. The summed E-state index contributed by atoms with van der Waals surface area (Å²) in [6.45, 7) is -0.441. The highest BCUT2D eigenvalue weighted by Gasteiger charge is 2.17. The highest BCUT2D eigenvalue weighted by molar-refractivity contribution is 6.31. The van der Waals surface area contributed by atoms with E-state index in [9.17, 15) is 9.59 Å². The van der Waals surface area contributed by atoms with Crippen molar-refractivity contribution >= 4 is 29.0 Å². The zero-order chi connectivity index (χ0) is 17.7. The molecule has 0 aromatic heterocycles. The van der Waals surface area contributed by atoms with Crippen LogP contribution in [-0.4, -0.2) is 32.6 Å². The molecule has 0 aliphatic rings. The van der Waals surface area contributed by atoms with E-state index in [0.29, 0.717) is 16.5 Å². The Morgan fingerprint density at radius 2 is 1.75 bits per heavy atom. The fourth-order valence-corrected chi connectivity index (χ4v) is 2.22. The minimum absolute atomic E-state index is 0.147. The first-order chi connectivity index (χ1) is 11.5. The molecule has 0 amide bonds. The minimum Gasteiger partial charge on any atom is -0.497 e. The second kappa shape index (κ2) is 7.70. The molecule has 126 valence electrons. The molecule has 24 heavy (non-hydrogen) atoms. The summed E-state index contributed by atoms with van der Waals surface area (Å²) in [6.07, 6.45) is 0. The molecule has 0 unspecified atom stereocenters. The fraction of sp³-hybridized carbons (Fsp3) is 0.176. The van der Waals surface area contributed by atoms with Crippen molar-refractivity contribution in [2.75, 3.05) is 26.6 Å². The first-order valence-corrected chi connectivity index (χ1v) is 7.31. The number of benzene rings is 2. The Labute approximate surface area is 144 Å². The number of ketones is 1. The van der Waals surface area contributed by atoms with Gasteiger partial charge in [0, 0.05) is 16.8 Å². The Kier molecular flexibility index (Phi) is 5.65. The highest BCUT2D eigenvalue weighted by atomic mass is 35.5. The lowest BCUT2D eigenvalue weighted by molar-refractivity contribution is 0.0475. The average Bonchev–Trinajstić information content (AvgIpc) is 2.58. The largest absolute Gasteiger partial charge is 0.497 e. The summed E-state index contributed by atoms with van der Waals surface area (Å²) >= 11 is 5.78. The van der Waals surface area contributed by atoms with Gasteiger partial charge in [0.25, 0.3) is 0 Å². The van der Waals surface area contributed by atoms with Crippen molar-refractivity contribution < 1.29 is 23.8 Å². The van der Waals surface area contributed by atoms with Gasteiger partial charge in [0.05, 0.1) is 25.3 Å². The molecule has 0 saturated heterocycles. The quantitative estimate of drug-likeness (QED) is 0.490. The Hall–Kier alpha value is -2.73. The van der Waals surface area contributed by atoms with Crippen LogP contribution in [0.25, 0.3) is 0 Å². The molecule has 7 heteroatoms. The smallest absolute Gasteiger partial charge is 0.340 e. The summed E-state index contributed by atoms with van der Waals surface area (Å²) in [5, 5.41) is 0.406. The fourth-order valence-electron chi connectivity index (χ4n) is 2.03. The maximum Gasteiger partial charge on any atom is 0.340 e. The van der Waals surface area contributed by atoms with Crippen LogP contribution in [0.2, 0.25) is 5.02 Å². The number of carbonyl (C=O) groups is 2. The highest BCUT2D eigenvalue weighted by Crippen LogP contribution is 2.25. The standard InChI is InChI=1S/C17H16ClNO5/c1-22-11-4-6-13(16(8-11)23-2)15(20)9-24-17(21)12-5-3-10(18)7-14(12)19/h3-8H,9,19H2,1-2H3. The lowest BCUT2D eigenvalue weighted by Gasteiger charge is -2.10. The zero-order valence-electron chi connectivity index (χ0n) is 13.2. The molecule has 0 atom stereocenters. The van der Waals surface area contributed by atoms with E-state index in [4.69, 9.17) is 31.5 Å². The molecule has 0 bridgehead atoms. The van der Waals surface area contributed by atoms with Crippen LogP contribution in [0.15, 0.2) is 36.4 Å². The normalized spacial score (nSPS) is 10.1. The van der Waals surface area contributed by atoms with Crippen molar-refractivity contribution in [1.29, 1.82) is 0 Å². The van der Waals surface area contributed by atoms with Gasteiger partial charge in [-0.1, -0.05) is 11.6 Å². The summed E-state index contributed by atoms with van der Waals surface area (Å²) in [6, 6.07) is 9.14. The number of hydrogen-bond donors (Lipinski definition) is 1. The molecule has 0 heterocycles. The van der Waals surface area contributed by atoms with Gasteiger partial charge in [0.2, 0.25) is 5.78 Å². The van der Waals surface area contributed by atoms with E-state index >= 15 is 0 Å². The van der Waals surface area contributed by atoms with E-state index in [0.717, 1.165) is 0 Å². The number of anilines is 1. The number of nitrogens with two attached hydrogens (primary N) is 1. The van der Waals surface area contributed by atoms with E-state index in [1.807, 2.05) is 0 Å². The summed E-state index contributed by atoms with van der Waals surface area (Å²) in [5.41, 5.74) is 6.33. The second-order valence-corrected chi connectivity index (χ2v) is 5.23. The minimum atomic E-state index is -0.704. The van der Waals surface area contributed by atoms with Crippen LogP contribution in [0.3, 0.4) is 0 Å². The number of nitrogen functional groups attached to an aromatic ring is 1. The Balaban J connectivity index is 2.09. The van der Waals surface area contributed by atoms with Crippen molar-refractivity contribution in [2.45, 2.75) is 0 Å². The molecule has 2 aromatic carbocycles. The molecule has 2 aromatic rings. The third kappa shape index (κ3) is 3.97. The first kappa shape index (κ1) is 17.6. The van der Waals surface area contributed by atoms with Crippen molar-refractivity contribution in [2.24, 2.45) is 0 Å². The molecule has 0 aliphatic carbocycles. The van der Waals surface area contributed by atoms with Crippen molar-refractivity contribution in [1.82, 2.24) is 0 Å². The topological polar surface area (TPSA) is 87.9 Å². The Morgan fingerprint density at radius 1 is 1.04 bits per heavy atom. The molecule has 0 fully saturated rings. The molecular weight excluding hydrogens is 334 g/mol. The van der Waals surface area contributed by atoms with E-state index < -0.39 is 18.4 Å². The molecular formula is C17H16ClNO5. The van der Waals surface area contributed by atoms with Crippen molar-refractivity contribution in [3.63, 3.8) is 0 Å². The molecule has 0 radical (unpaired) electrons. The van der Waals surface area contributed by atoms with Gasteiger partial charge in [-0.25, -0.2) is 4.79 Å². The van der Waals surface area contributed by atoms with Crippen LogP contribution >= 0.6 is 11.6 Å². The number of Topliss-reactive ketones (excluding diaryl/α,β-unsaturated/α-hetero) is 1. The molecule has 2 rings (SSSR count). The van der Waals surface area contributed by atoms with Crippen LogP contribution in [0.4, 0.5) is 5.69 Å². The predicted molar refractivity (Wildman–Crippen MR) is 90.0 cm³/mol. The summed E-state index contributed by atoms with van der Waals surface area (Å²) in [7, 11) is 2.94. The van der Waals surface area contributed by atoms with Gasteiger partial charge in [-0.2, -0.15) is 0 Å². The lowest BCUT2D eigenvalue weighted by Crippen LogP contribution is -2.16. The third-order valence-corrected chi connectivity index (χ3v) is 3.51. The van der Waals surface area contributed by atoms with Gasteiger partial charge in [-0.05, 0) is 30.3 Å². The van der Waals surface area contributed by atoms with Crippen LogP contribution < -0.4 is 15.2 Å². The van der Waals surface area contributed by atoms with Gasteiger partial charge in [-0.3, -0.25) is 4.79 Å². The number of methoxy groups -OCH3 is 2. The average molecular weight is 350 g/mol. The summed E-state index contributed by atoms with van der Waals surface area (Å²) in [4.78, 5) is 24.3. The Bertz CT molecular complexity index is 776. The van der Waals surface area contributed by atoms with E-state index in [-0.39, 0.29) is 16.8 Å². The van der Waals surface area contributed by atoms with Crippen molar-refractivity contribution in [3.8, 4) is 11.5 Å². The van der Waals surface area contributed by atoms with Crippen LogP contribution in [0, 0.1) is 0 Å². The Morgan fingerprint density at radius 3 is 2.38 bits per heavy atom. The number of hydrogen-bond acceptors (Lipinski definition) is 6. The molecule has 0 aliphatic heterocycles. The molecule has 0 spiro atoms. The van der Waals surface area contributed by atoms with Gasteiger partial charge < -0.3 is 19.9 Å². The molecule has 0 saturated carbocycles. The first-order valence-electron chi connectivity index (χ1n) is 6.93. The van der Waals surface area contributed by atoms with E-state index in [1.54, 1.807) is 18.2 Å². The molecule has 6 nitrogen and oxygen atoms in total. The number of rotatable bonds is 6. The number of ether oxygens (including phenoxy) is 3.